The van der Waals surface area contributed by atoms with Crippen molar-refractivity contribution >= 4 is 5.82 Å². The molecule has 1 aromatic rings. The molecule has 4 nitrogen and oxygen atoms in total. The van der Waals surface area contributed by atoms with Gasteiger partial charge in [-0.15, -0.1) is 0 Å². The summed E-state index contributed by atoms with van der Waals surface area (Å²) in [6.07, 6.45) is 7.91. The number of anilines is 1. The van der Waals surface area contributed by atoms with E-state index in [1.165, 1.54) is 19.3 Å². The van der Waals surface area contributed by atoms with Gasteiger partial charge in [-0.05, 0) is 19.3 Å². The average molecular weight is 192 g/mol. The smallest absolute Gasteiger partial charge is 0.199 e. The summed E-state index contributed by atoms with van der Waals surface area (Å²) < 4.78 is 0. The highest BCUT2D eigenvalue weighted by atomic mass is 16.3. The predicted molar refractivity (Wildman–Crippen MR) is 52.9 cm³/mol. The van der Waals surface area contributed by atoms with E-state index in [-0.39, 0.29) is 6.61 Å². The fourth-order valence-corrected chi connectivity index (χ4v) is 1.80. The molecule has 2 heterocycles. The molecule has 0 bridgehead atoms. The standard InChI is InChI=1S/C10H14N3O/c14-7-9-6-11-8-12-10(9)13-4-2-1-3-5-13/h6,14H,1-5,7H2. The highest BCUT2D eigenvalue weighted by Gasteiger charge is 2.15. The molecule has 1 saturated heterocycles. The van der Waals surface area contributed by atoms with Crippen molar-refractivity contribution in [3.63, 3.8) is 0 Å². The zero-order valence-electron chi connectivity index (χ0n) is 8.11. The minimum atomic E-state index is 0.000509. The molecule has 1 fully saturated rings. The first-order valence-electron chi connectivity index (χ1n) is 4.99. The Hall–Kier alpha value is -1.16. The number of hydrogen-bond acceptors (Lipinski definition) is 4. The Morgan fingerprint density at radius 3 is 2.86 bits per heavy atom. The average Bonchev–Trinajstić information content (AvgIpc) is 2.30. The molecule has 2 rings (SSSR count). The number of piperidine rings is 1. The highest BCUT2D eigenvalue weighted by molar-refractivity contribution is 5.45. The quantitative estimate of drug-likeness (QED) is 0.751. The molecule has 1 aromatic heterocycles. The third kappa shape index (κ3) is 1.85. The van der Waals surface area contributed by atoms with E-state index in [1.807, 2.05) is 0 Å². The van der Waals surface area contributed by atoms with E-state index in [2.05, 4.69) is 21.2 Å². The van der Waals surface area contributed by atoms with Gasteiger partial charge in [0, 0.05) is 24.8 Å². The fraction of sp³-hybridized carbons (Fsp3) is 0.600. The Balaban J connectivity index is 2.20. The molecule has 4 heteroatoms. The Morgan fingerprint density at radius 1 is 1.36 bits per heavy atom. The molecule has 0 unspecified atom stereocenters. The van der Waals surface area contributed by atoms with Crippen molar-refractivity contribution in [1.29, 1.82) is 0 Å². The Bertz CT molecular complexity index is 297. The molecular weight excluding hydrogens is 178 g/mol. The summed E-state index contributed by atoms with van der Waals surface area (Å²) >= 11 is 0. The molecule has 0 atom stereocenters. The number of aliphatic hydroxyl groups excluding tert-OH is 1. The molecule has 1 aliphatic rings. The van der Waals surface area contributed by atoms with Gasteiger partial charge in [-0.3, -0.25) is 0 Å². The van der Waals surface area contributed by atoms with Crippen LogP contribution in [0.15, 0.2) is 6.20 Å². The van der Waals surface area contributed by atoms with Crippen LogP contribution < -0.4 is 4.90 Å². The van der Waals surface area contributed by atoms with Crippen LogP contribution in [-0.2, 0) is 6.61 Å². The molecule has 14 heavy (non-hydrogen) atoms. The van der Waals surface area contributed by atoms with Crippen LogP contribution in [0.4, 0.5) is 5.82 Å². The van der Waals surface area contributed by atoms with Gasteiger partial charge in [-0.25, -0.2) is 9.97 Å². The molecule has 0 amide bonds. The molecule has 0 aliphatic carbocycles. The molecule has 1 N–H and O–H groups in total. The van der Waals surface area contributed by atoms with Gasteiger partial charge in [-0.2, -0.15) is 0 Å². The van der Waals surface area contributed by atoms with Gasteiger partial charge in [-0.1, -0.05) is 0 Å². The molecule has 0 saturated carbocycles. The van der Waals surface area contributed by atoms with Gasteiger partial charge < -0.3 is 10.0 Å². The van der Waals surface area contributed by atoms with Crippen LogP contribution in [0.5, 0.6) is 0 Å². The minimum absolute atomic E-state index is 0.000509. The third-order valence-electron chi connectivity index (χ3n) is 2.55. The first-order valence-corrected chi connectivity index (χ1v) is 4.99. The Kier molecular flexibility index (Phi) is 2.93. The maximum Gasteiger partial charge on any atom is 0.199 e. The Labute approximate surface area is 83.6 Å². The summed E-state index contributed by atoms with van der Waals surface area (Å²) in [5.74, 6) is 0.849. The number of aliphatic hydroxyl groups is 1. The summed E-state index contributed by atoms with van der Waals surface area (Å²) in [6, 6.07) is 0. The van der Waals surface area contributed by atoms with Gasteiger partial charge in [0.2, 0.25) is 0 Å². The van der Waals surface area contributed by atoms with Gasteiger partial charge in [0.1, 0.15) is 5.82 Å². The third-order valence-corrected chi connectivity index (χ3v) is 2.55. The van der Waals surface area contributed by atoms with E-state index in [9.17, 15) is 0 Å². The number of rotatable bonds is 2. The first-order chi connectivity index (χ1) is 6.92. The molecule has 1 aliphatic heterocycles. The summed E-state index contributed by atoms with van der Waals surface area (Å²) in [5.41, 5.74) is 0.797. The maximum absolute atomic E-state index is 9.13. The Morgan fingerprint density at radius 2 is 2.14 bits per heavy atom. The lowest BCUT2D eigenvalue weighted by molar-refractivity contribution is 0.281. The van der Waals surface area contributed by atoms with Crippen molar-refractivity contribution in [2.45, 2.75) is 25.9 Å². The largest absolute Gasteiger partial charge is 0.391 e. The fourth-order valence-electron chi connectivity index (χ4n) is 1.80. The van der Waals surface area contributed by atoms with Crippen LogP contribution in [0.3, 0.4) is 0 Å². The first kappa shape index (κ1) is 9.40. The maximum atomic E-state index is 9.13. The second-order valence-corrected chi connectivity index (χ2v) is 3.52. The van der Waals surface area contributed by atoms with Gasteiger partial charge in [0.15, 0.2) is 6.33 Å². The number of aromatic nitrogens is 2. The molecule has 0 aromatic carbocycles. The van der Waals surface area contributed by atoms with E-state index < -0.39 is 0 Å². The monoisotopic (exact) mass is 192 g/mol. The van der Waals surface area contributed by atoms with Crippen molar-refractivity contribution in [2.24, 2.45) is 0 Å². The van der Waals surface area contributed by atoms with Crippen molar-refractivity contribution in [3.05, 3.63) is 18.1 Å². The van der Waals surface area contributed by atoms with Gasteiger partial charge in [0.25, 0.3) is 0 Å². The highest BCUT2D eigenvalue weighted by Crippen LogP contribution is 2.20. The molecule has 1 radical (unpaired) electrons. The molecule has 0 spiro atoms. The lowest BCUT2D eigenvalue weighted by Crippen LogP contribution is -2.31. The van der Waals surface area contributed by atoms with Crippen LogP contribution in [0.25, 0.3) is 0 Å². The van der Waals surface area contributed by atoms with E-state index in [1.54, 1.807) is 6.20 Å². The van der Waals surface area contributed by atoms with E-state index >= 15 is 0 Å². The van der Waals surface area contributed by atoms with E-state index in [0.717, 1.165) is 24.5 Å². The zero-order valence-corrected chi connectivity index (χ0v) is 8.11. The zero-order chi connectivity index (χ0) is 9.80. The van der Waals surface area contributed by atoms with Crippen molar-refractivity contribution in [1.82, 2.24) is 9.97 Å². The lowest BCUT2D eigenvalue weighted by atomic mass is 10.1. The van der Waals surface area contributed by atoms with Crippen LogP contribution in [0.1, 0.15) is 24.8 Å². The number of hydrogen-bond donors (Lipinski definition) is 1. The van der Waals surface area contributed by atoms with Crippen molar-refractivity contribution in [3.8, 4) is 0 Å². The van der Waals surface area contributed by atoms with Crippen LogP contribution in [0, 0.1) is 6.33 Å². The lowest BCUT2D eigenvalue weighted by Gasteiger charge is -2.28. The summed E-state index contributed by atoms with van der Waals surface area (Å²) in [4.78, 5) is 10.1. The van der Waals surface area contributed by atoms with E-state index in [4.69, 9.17) is 5.11 Å². The molecular formula is C10H14N3O. The summed E-state index contributed by atoms with van der Waals surface area (Å²) in [5, 5.41) is 9.13. The number of nitrogens with zero attached hydrogens (tertiary/aromatic N) is 3. The minimum Gasteiger partial charge on any atom is -0.391 e. The normalized spacial score (nSPS) is 17.1. The summed E-state index contributed by atoms with van der Waals surface area (Å²) in [7, 11) is 0. The van der Waals surface area contributed by atoms with Crippen LogP contribution >= 0.6 is 0 Å². The summed E-state index contributed by atoms with van der Waals surface area (Å²) in [6.45, 7) is 2.05. The van der Waals surface area contributed by atoms with Crippen LogP contribution in [0.2, 0.25) is 0 Å². The van der Waals surface area contributed by atoms with Crippen molar-refractivity contribution < 1.29 is 5.11 Å². The SMILES string of the molecule is OCc1cn[c]nc1N1CCCCC1. The topological polar surface area (TPSA) is 49.3 Å². The second kappa shape index (κ2) is 4.37. The predicted octanol–water partition coefficient (Wildman–Crippen LogP) is 0.759. The van der Waals surface area contributed by atoms with Gasteiger partial charge in [0.05, 0.1) is 6.61 Å². The van der Waals surface area contributed by atoms with Crippen molar-refractivity contribution in [2.75, 3.05) is 18.0 Å². The van der Waals surface area contributed by atoms with Crippen LogP contribution in [-0.4, -0.2) is 28.2 Å². The van der Waals surface area contributed by atoms with E-state index in [0.29, 0.717) is 0 Å². The van der Waals surface area contributed by atoms with Gasteiger partial charge >= 0.3 is 0 Å². The second-order valence-electron chi connectivity index (χ2n) is 3.52. The molecule has 75 valence electrons.